The van der Waals surface area contributed by atoms with E-state index in [-0.39, 0.29) is 18.9 Å². The first-order valence-corrected chi connectivity index (χ1v) is 7.25. The number of nitrogens with zero attached hydrogens (tertiary/aromatic N) is 2. The van der Waals surface area contributed by atoms with Gasteiger partial charge in [0.15, 0.2) is 0 Å². The second kappa shape index (κ2) is 7.93. The lowest BCUT2D eigenvalue weighted by Crippen LogP contribution is -2.17. The van der Waals surface area contributed by atoms with Crippen LogP contribution in [0.3, 0.4) is 0 Å². The van der Waals surface area contributed by atoms with Crippen LogP contribution in [0.25, 0.3) is 11.3 Å². The van der Waals surface area contributed by atoms with Crippen LogP contribution in [0.4, 0.5) is 5.82 Å². The molecule has 0 bridgehead atoms. The summed E-state index contributed by atoms with van der Waals surface area (Å²) in [6.07, 6.45) is 0.261. The minimum absolute atomic E-state index is 0.0668. The molecule has 0 unspecified atom stereocenters. The molecule has 2 rings (SSSR count). The summed E-state index contributed by atoms with van der Waals surface area (Å²) < 4.78 is 6.44. The number of nitrogens with one attached hydrogen (secondary N) is 1. The fourth-order valence-electron chi connectivity index (χ4n) is 1.94. The summed E-state index contributed by atoms with van der Waals surface area (Å²) in [6.45, 7) is 0.584. The molecule has 0 saturated carbocycles. The number of ether oxygens (including phenoxy) is 1. The van der Waals surface area contributed by atoms with Crippen LogP contribution in [0.2, 0.25) is 5.02 Å². The van der Waals surface area contributed by atoms with E-state index in [1.807, 2.05) is 12.1 Å². The summed E-state index contributed by atoms with van der Waals surface area (Å²) in [5, 5.41) is 16.9. The van der Waals surface area contributed by atoms with Crippen LogP contribution >= 0.6 is 11.6 Å². The molecule has 6 nitrogen and oxygen atoms in total. The average molecular weight is 324 g/mol. The molecular weight excluding hydrogens is 306 g/mol. The van der Waals surface area contributed by atoms with E-state index in [1.165, 1.54) is 0 Å². The number of hydrogen-bond acceptors (Lipinski definition) is 4. The molecule has 2 N–H and O–H groups in total. The molecular formula is C15H18ClN3O3. The van der Waals surface area contributed by atoms with Gasteiger partial charge in [-0.15, -0.1) is 0 Å². The lowest BCUT2D eigenvalue weighted by Gasteiger charge is -2.07. The van der Waals surface area contributed by atoms with E-state index < -0.39 is 0 Å². The maximum Gasteiger partial charge on any atom is 0.227 e. The van der Waals surface area contributed by atoms with E-state index in [4.69, 9.17) is 21.4 Å². The van der Waals surface area contributed by atoms with Gasteiger partial charge in [-0.1, -0.05) is 23.7 Å². The van der Waals surface area contributed by atoms with Crippen LogP contribution in [0, 0.1) is 0 Å². The fourth-order valence-corrected chi connectivity index (χ4v) is 2.07. The van der Waals surface area contributed by atoms with Gasteiger partial charge in [-0.2, -0.15) is 5.10 Å². The second-order valence-electron chi connectivity index (χ2n) is 4.66. The molecule has 2 aromatic rings. The Bertz CT molecular complexity index is 625. The summed E-state index contributed by atoms with van der Waals surface area (Å²) in [7, 11) is 1.54. The number of hydrogen-bond donors (Lipinski definition) is 2. The lowest BCUT2D eigenvalue weighted by atomic mass is 10.1. The van der Waals surface area contributed by atoms with Gasteiger partial charge in [0.25, 0.3) is 0 Å². The van der Waals surface area contributed by atoms with Gasteiger partial charge in [0.2, 0.25) is 5.91 Å². The van der Waals surface area contributed by atoms with E-state index in [0.717, 1.165) is 5.56 Å². The Morgan fingerprint density at radius 2 is 2.14 bits per heavy atom. The Hall–Kier alpha value is -1.89. The number of benzene rings is 1. The largest absolute Gasteiger partial charge is 0.394 e. The number of halogens is 1. The minimum Gasteiger partial charge on any atom is -0.394 e. The van der Waals surface area contributed by atoms with Crippen molar-refractivity contribution in [1.29, 1.82) is 0 Å². The first-order valence-electron chi connectivity index (χ1n) is 6.87. The number of aliphatic hydroxyl groups is 1. The summed E-state index contributed by atoms with van der Waals surface area (Å²) in [5.41, 5.74) is 1.58. The van der Waals surface area contributed by atoms with Gasteiger partial charge in [0, 0.05) is 23.8 Å². The SMILES string of the molecule is COCCC(=O)Nc1cc(-c2ccc(Cl)cc2)nn1CCO. The third kappa shape index (κ3) is 4.30. The van der Waals surface area contributed by atoms with Crippen LogP contribution in [0.15, 0.2) is 30.3 Å². The van der Waals surface area contributed by atoms with Gasteiger partial charge in [0.05, 0.1) is 31.9 Å². The van der Waals surface area contributed by atoms with E-state index in [1.54, 1.807) is 30.0 Å². The maximum absolute atomic E-state index is 11.8. The molecule has 0 fully saturated rings. The minimum atomic E-state index is -0.163. The third-order valence-corrected chi connectivity index (χ3v) is 3.28. The highest BCUT2D eigenvalue weighted by molar-refractivity contribution is 6.30. The molecule has 7 heteroatoms. The zero-order valence-corrected chi connectivity index (χ0v) is 13.0. The normalized spacial score (nSPS) is 10.7. The number of methoxy groups -OCH3 is 1. The number of aromatic nitrogens is 2. The molecule has 0 atom stereocenters. The Morgan fingerprint density at radius 1 is 1.41 bits per heavy atom. The highest BCUT2D eigenvalue weighted by Crippen LogP contribution is 2.23. The molecule has 0 saturated heterocycles. The molecule has 0 spiro atoms. The van der Waals surface area contributed by atoms with Crippen molar-refractivity contribution < 1.29 is 14.6 Å². The van der Waals surface area contributed by atoms with Gasteiger partial charge in [-0.05, 0) is 12.1 Å². The summed E-state index contributed by atoms with van der Waals surface area (Å²) in [4.78, 5) is 11.8. The first kappa shape index (κ1) is 16.5. The number of rotatable bonds is 7. The van der Waals surface area contributed by atoms with Crippen LogP contribution in [0.1, 0.15) is 6.42 Å². The Kier molecular flexibility index (Phi) is 5.94. The van der Waals surface area contributed by atoms with Crippen LogP contribution in [-0.4, -0.2) is 41.1 Å². The molecule has 1 heterocycles. The topological polar surface area (TPSA) is 76.4 Å². The molecule has 22 heavy (non-hydrogen) atoms. The Labute approximate surface area is 133 Å². The van der Waals surface area contributed by atoms with Gasteiger partial charge in [-0.3, -0.25) is 4.79 Å². The molecule has 1 amide bonds. The zero-order valence-electron chi connectivity index (χ0n) is 12.3. The Balaban J connectivity index is 2.21. The van der Waals surface area contributed by atoms with Gasteiger partial charge < -0.3 is 15.2 Å². The van der Waals surface area contributed by atoms with Crippen molar-refractivity contribution in [3.63, 3.8) is 0 Å². The monoisotopic (exact) mass is 323 g/mol. The van der Waals surface area contributed by atoms with Crippen molar-refractivity contribution in [1.82, 2.24) is 9.78 Å². The number of carbonyl (C=O) groups excluding carboxylic acids is 1. The molecule has 0 aliphatic rings. The van der Waals surface area contributed by atoms with Crippen LogP contribution in [0.5, 0.6) is 0 Å². The van der Waals surface area contributed by atoms with Crippen molar-refractivity contribution >= 4 is 23.3 Å². The third-order valence-electron chi connectivity index (χ3n) is 3.03. The Morgan fingerprint density at radius 3 is 2.77 bits per heavy atom. The van der Waals surface area contributed by atoms with Gasteiger partial charge >= 0.3 is 0 Å². The van der Waals surface area contributed by atoms with Crippen molar-refractivity contribution in [3.05, 3.63) is 35.4 Å². The fraction of sp³-hybridized carbons (Fsp3) is 0.333. The quantitative estimate of drug-likeness (QED) is 0.818. The smallest absolute Gasteiger partial charge is 0.227 e. The van der Waals surface area contributed by atoms with Gasteiger partial charge in [0.1, 0.15) is 5.82 Å². The van der Waals surface area contributed by atoms with Crippen LogP contribution in [-0.2, 0) is 16.1 Å². The molecule has 1 aromatic carbocycles. The van der Waals surface area contributed by atoms with E-state index >= 15 is 0 Å². The zero-order chi connectivity index (χ0) is 15.9. The predicted octanol–water partition coefficient (Wildman–Crippen LogP) is 2.17. The highest BCUT2D eigenvalue weighted by Gasteiger charge is 2.12. The average Bonchev–Trinajstić information content (AvgIpc) is 2.89. The standard InChI is InChI=1S/C15H18ClN3O3/c1-22-9-6-15(21)17-14-10-13(18-19(14)7-8-20)11-2-4-12(16)5-3-11/h2-5,10,20H,6-9H2,1H3,(H,17,21). The number of carbonyl (C=O) groups is 1. The maximum atomic E-state index is 11.8. The van der Waals surface area contributed by atoms with Crippen molar-refractivity contribution in [2.75, 3.05) is 25.6 Å². The summed E-state index contributed by atoms with van der Waals surface area (Å²) in [5.74, 6) is 0.378. The molecule has 0 aliphatic heterocycles. The number of amides is 1. The molecule has 118 valence electrons. The summed E-state index contributed by atoms with van der Waals surface area (Å²) in [6, 6.07) is 9.02. The van der Waals surface area contributed by atoms with Gasteiger partial charge in [-0.25, -0.2) is 4.68 Å². The highest BCUT2D eigenvalue weighted by atomic mass is 35.5. The van der Waals surface area contributed by atoms with Crippen LogP contribution < -0.4 is 5.32 Å². The molecule has 0 aliphatic carbocycles. The van der Waals surface area contributed by atoms with E-state index in [0.29, 0.717) is 29.7 Å². The molecule has 0 radical (unpaired) electrons. The number of anilines is 1. The van der Waals surface area contributed by atoms with Crippen molar-refractivity contribution in [2.45, 2.75) is 13.0 Å². The number of aliphatic hydroxyl groups excluding tert-OH is 1. The predicted molar refractivity (Wildman–Crippen MR) is 84.9 cm³/mol. The van der Waals surface area contributed by atoms with E-state index in [2.05, 4.69) is 10.4 Å². The second-order valence-corrected chi connectivity index (χ2v) is 5.10. The lowest BCUT2D eigenvalue weighted by molar-refractivity contribution is -0.117. The summed E-state index contributed by atoms with van der Waals surface area (Å²) >= 11 is 5.88. The van der Waals surface area contributed by atoms with E-state index in [9.17, 15) is 4.79 Å². The molecule has 1 aromatic heterocycles. The first-order chi connectivity index (χ1) is 10.6. The van der Waals surface area contributed by atoms with Crippen molar-refractivity contribution in [2.24, 2.45) is 0 Å². The van der Waals surface area contributed by atoms with Crippen molar-refractivity contribution in [3.8, 4) is 11.3 Å².